The van der Waals surface area contributed by atoms with Crippen molar-refractivity contribution in [2.45, 2.75) is 6.36 Å². The van der Waals surface area contributed by atoms with Crippen molar-refractivity contribution in [1.29, 1.82) is 5.26 Å². The van der Waals surface area contributed by atoms with Crippen LogP contribution in [-0.2, 0) is 4.79 Å². The highest BCUT2D eigenvalue weighted by Gasteiger charge is 2.31. The molecule has 0 aliphatic heterocycles. The molecule has 0 fully saturated rings. The average molecular weight is 398 g/mol. The number of alkyl halides is 3. The normalized spacial score (nSPS) is 11.6. The Morgan fingerprint density at radius 2 is 1.72 bits per heavy atom. The Labute approximate surface area is 163 Å². The number of halogens is 3. The number of rotatable bonds is 5. The summed E-state index contributed by atoms with van der Waals surface area (Å²) in [4.78, 5) is 12.3. The van der Waals surface area contributed by atoms with Gasteiger partial charge in [0.2, 0.25) is 0 Å². The zero-order chi connectivity index (χ0) is 20.9. The number of hydrogen-bond acceptors (Lipinski definition) is 4. The number of furan rings is 1. The Balaban J connectivity index is 1.71. The van der Waals surface area contributed by atoms with E-state index in [1.807, 2.05) is 30.3 Å². The molecule has 0 radical (unpaired) electrons. The molecular formula is C21H13F3N2O3. The molecule has 1 heterocycles. The molecule has 0 bridgehead atoms. The maximum Gasteiger partial charge on any atom is 0.573 e. The van der Waals surface area contributed by atoms with Crippen molar-refractivity contribution in [3.63, 3.8) is 0 Å². The predicted molar refractivity (Wildman–Crippen MR) is 99.5 cm³/mol. The smallest absolute Gasteiger partial charge is 0.457 e. The molecule has 5 nitrogen and oxygen atoms in total. The molecule has 3 aromatic rings. The Kier molecular flexibility index (Phi) is 5.69. The fourth-order valence-corrected chi connectivity index (χ4v) is 2.42. The molecule has 3 rings (SSSR count). The van der Waals surface area contributed by atoms with E-state index in [-0.39, 0.29) is 11.3 Å². The van der Waals surface area contributed by atoms with E-state index in [1.54, 1.807) is 18.2 Å². The first-order valence-electron chi connectivity index (χ1n) is 8.28. The lowest BCUT2D eigenvalue weighted by atomic mass is 10.2. The number of carbonyl (C=O) groups is 1. The Bertz CT molecular complexity index is 1060. The third-order valence-electron chi connectivity index (χ3n) is 3.68. The quantitative estimate of drug-likeness (QED) is 0.462. The van der Waals surface area contributed by atoms with E-state index in [4.69, 9.17) is 4.42 Å². The number of benzene rings is 2. The van der Waals surface area contributed by atoms with E-state index in [2.05, 4.69) is 10.1 Å². The minimum absolute atomic E-state index is 0.204. The molecule has 1 amide bonds. The van der Waals surface area contributed by atoms with Crippen molar-refractivity contribution in [2.24, 2.45) is 0 Å². The van der Waals surface area contributed by atoms with E-state index in [0.29, 0.717) is 11.5 Å². The van der Waals surface area contributed by atoms with E-state index in [1.165, 1.54) is 18.2 Å². The molecule has 0 atom stereocenters. The van der Waals surface area contributed by atoms with Gasteiger partial charge in [0.25, 0.3) is 5.91 Å². The van der Waals surface area contributed by atoms with Crippen molar-refractivity contribution in [3.8, 4) is 23.1 Å². The summed E-state index contributed by atoms with van der Waals surface area (Å²) in [6.07, 6.45) is -3.52. The standard InChI is InChI=1S/C21H13F3N2O3/c22-21(23,24)29-17-8-6-16(7-9-17)26-20(27)15(13-25)12-18-10-11-19(28-18)14-4-2-1-3-5-14/h1-12H,(H,26,27)/b15-12+. The number of anilines is 1. The van der Waals surface area contributed by atoms with Gasteiger partial charge in [-0.25, -0.2) is 0 Å². The van der Waals surface area contributed by atoms with E-state index >= 15 is 0 Å². The van der Waals surface area contributed by atoms with Gasteiger partial charge in [-0.05, 0) is 36.4 Å². The van der Waals surface area contributed by atoms with Crippen LogP contribution < -0.4 is 10.1 Å². The molecular weight excluding hydrogens is 385 g/mol. The molecule has 29 heavy (non-hydrogen) atoms. The third-order valence-corrected chi connectivity index (χ3v) is 3.68. The van der Waals surface area contributed by atoms with Crippen LogP contribution >= 0.6 is 0 Å². The third kappa shape index (κ3) is 5.49. The topological polar surface area (TPSA) is 75.3 Å². The lowest BCUT2D eigenvalue weighted by Gasteiger charge is -2.09. The summed E-state index contributed by atoms with van der Waals surface area (Å²) in [5, 5.41) is 11.7. The van der Waals surface area contributed by atoms with Gasteiger partial charge in [0, 0.05) is 17.3 Å². The van der Waals surface area contributed by atoms with Crippen molar-refractivity contribution in [2.75, 3.05) is 5.32 Å². The molecule has 8 heteroatoms. The Hall–Kier alpha value is -3.99. The lowest BCUT2D eigenvalue weighted by molar-refractivity contribution is -0.274. The zero-order valence-corrected chi connectivity index (χ0v) is 14.7. The molecule has 0 saturated heterocycles. The van der Waals surface area contributed by atoms with Crippen LogP contribution in [0.4, 0.5) is 18.9 Å². The summed E-state index contributed by atoms with van der Waals surface area (Å²) in [6.45, 7) is 0. The fourth-order valence-electron chi connectivity index (χ4n) is 2.42. The minimum Gasteiger partial charge on any atom is -0.457 e. The maximum absolute atomic E-state index is 12.3. The van der Waals surface area contributed by atoms with Crippen LogP contribution in [0.5, 0.6) is 5.75 Å². The number of nitrogens with zero attached hydrogens (tertiary/aromatic N) is 1. The van der Waals surface area contributed by atoms with Crippen LogP contribution in [0.3, 0.4) is 0 Å². The van der Waals surface area contributed by atoms with Crippen LogP contribution in [0.1, 0.15) is 5.76 Å². The van der Waals surface area contributed by atoms with Crippen LogP contribution in [-0.4, -0.2) is 12.3 Å². The monoisotopic (exact) mass is 398 g/mol. The van der Waals surface area contributed by atoms with Gasteiger partial charge in [0.15, 0.2) is 0 Å². The number of carbonyl (C=O) groups excluding carboxylic acids is 1. The summed E-state index contributed by atoms with van der Waals surface area (Å²) in [5.41, 5.74) is 0.820. The molecule has 0 aliphatic carbocycles. The van der Waals surface area contributed by atoms with Gasteiger partial charge in [-0.3, -0.25) is 4.79 Å². The predicted octanol–water partition coefficient (Wildman–Crippen LogP) is 5.39. The van der Waals surface area contributed by atoms with E-state index in [9.17, 15) is 23.2 Å². The van der Waals surface area contributed by atoms with Gasteiger partial charge in [0.05, 0.1) is 0 Å². The number of ether oxygens (including phenoxy) is 1. The molecule has 1 aromatic heterocycles. The van der Waals surface area contributed by atoms with Crippen molar-refractivity contribution in [1.82, 2.24) is 0 Å². The van der Waals surface area contributed by atoms with Gasteiger partial charge in [-0.1, -0.05) is 30.3 Å². The zero-order valence-electron chi connectivity index (χ0n) is 14.7. The highest BCUT2D eigenvalue weighted by atomic mass is 19.4. The lowest BCUT2D eigenvalue weighted by Crippen LogP contribution is -2.17. The molecule has 146 valence electrons. The summed E-state index contributed by atoms with van der Waals surface area (Å²) in [6, 6.07) is 19.0. The van der Waals surface area contributed by atoms with Crippen molar-refractivity contribution >= 4 is 17.7 Å². The van der Waals surface area contributed by atoms with E-state index in [0.717, 1.165) is 17.7 Å². The van der Waals surface area contributed by atoms with Gasteiger partial charge >= 0.3 is 6.36 Å². The van der Waals surface area contributed by atoms with Crippen LogP contribution in [0.25, 0.3) is 17.4 Å². The molecule has 0 unspecified atom stereocenters. The van der Waals surface area contributed by atoms with Crippen LogP contribution in [0.2, 0.25) is 0 Å². The Morgan fingerprint density at radius 3 is 2.34 bits per heavy atom. The highest BCUT2D eigenvalue weighted by molar-refractivity contribution is 6.09. The second-order valence-corrected chi connectivity index (χ2v) is 5.76. The second kappa shape index (κ2) is 8.35. The van der Waals surface area contributed by atoms with Gasteiger partial charge in [0.1, 0.15) is 28.9 Å². The SMILES string of the molecule is N#C/C(=C\c1ccc(-c2ccccc2)o1)C(=O)Nc1ccc(OC(F)(F)F)cc1. The molecule has 0 aliphatic rings. The van der Waals surface area contributed by atoms with Gasteiger partial charge in [-0.15, -0.1) is 13.2 Å². The number of amides is 1. The molecule has 0 spiro atoms. The van der Waals surface area contributed by atoms with E-state index < -0.39 is 18.0 Å². The summed E-state index contributed by atoms with van der Waals surface area (Å²) >= 11 is 0. The second-order valence-electron chi connectivity index (χ2n) is 5.76. The fraction of sp³-hybridized carbons (Fsp3) is 0.0476. The number of nitrogens with one attached hydrogen (secondary N) is 1. The van der Waals surface area contributed by atoms with Crippen molar-refractivity contribution < 1.29 is 27.1 Å². The first kappa shape index (κ1) is 19.8. The largest absolute Gasteiger partial charge is 0.573 e. The molecule has 2 aromatic carbocycles. The summed E-state index contributed by atoms with van der Waals surface area (Å²) < 4.78 is 45.9. The number of hydrogen-bond donors (Lipinski definition) is 1. The summed E-state index contributed by atoms with van der Waals surface area (Å²) in [5.74, 6) is -0.260. The highest BCUT2D eigenvalue weighted by Crippen LogP contribution is 2.25. The number of nitriles is 1. The van der Waals surface area contributed by atoms with Gasteiger partial charge in [-0.2, -0.15) is 5.26 Å². The first-order chi connectivity index (χ1) is 13.8. The first-order valence-corrected chi connectivity index (χ1v) is 8.28. The average Bonchev–Trinajstić information content (AvgIpc) is 3.16. The molecule has 1 N–H and O–H groups in total. The Morgan fingerprint density at radius 1 is 1.03 bits per heavy atom. The van der Waals surface area contributed by atoms with Crippen LogP contribution in [0.15, 0.2) is 76.7 Å². The minimum atomic E-state index is -4.80. The van der Waals surface area contributed by atoms with Crippen LogP contribution in [0, 0.1) is 11.3 Å². The van der Waals surface area contributed by atoms with Crippen molar-refractivity contribution in [3.05, 3.63) is 78.1 Å². The summed E-state index contributed by atoms with van der Waals surface area (Å²) in [7, 11) is 0. The molecule has 0 saturated carbocycles. The van der Waals surface area contributed by atoms with Gasteiger partial charge < -0.3 is 14.5 Å². The maximum atomic E-state index is 12.3.